The van der Waals surface area contributed by atoms with Crippen molar-refractivity contribution in [1.29, 1.82) is 0 Å². The molecule has 7 heteroatoms. The molecule has 0 radical (unpaired) electrons. The first kappa shape index (κ1) is 13.0. The van der Waals surface area contributed by atoms with Crippen molar-refractivity contribution < 1.29 is 14.6 Å². The van der Waals surface area contributed by atoms with Gasteiger partial charge in [-0.2, -0.15) is 0 Å². The minimum Gasteiger partial charge on any atom is -0.478 e. The molecule has 1 N–H and O–H groups in total. The van der Waals surface area contributed by atoms with E-state index in [2.05, 4.69) is 15.2 Å². The van der Waals surface area contributed by atoms with Crippen LogP contribution in [0.5, 0.6) is 11.6 Å². The zero-order chi connectivity index (χ0) is 15.0. The first-order valence-corrected chi connectivity index (χ1v) is 6.25. The number of carboxylic acid groups (broad SMARTS) is 1. The molecule has 3 rings (SSSR count). The van der Waals surface area contributed by atoms with Crippen LogP contribution in [0.3, 0.4) is 0 Å². The number of nitrogens with zero attached hydrogens (tertiary/aromatic N) is 4. The normalized spacial score (nSPS) is 10.8. The minimum absolute atomic E-state index is 0.0787. The molecule has 7 nitrogen and oxygen atoms in total. The fraction of sp³-hybridized carbons (Fsp3) is 0.143. The zero-order valence-corrected chi connectivity index (χ0v) is 11.4. The molecule has 0 amide bonds. The van der Waals surface area contributed by atoms with Crippen LogP contribution < -0.4 is 4.74 Å². The van der Waals surface area contributed by atoms with Gasteiger partial charge in [-0.05, 0) is 25.5 Å². The lowest BCUT2D eigenvalue weighted by atomic mass is 10.1. The molecule has 1 aromatic carbocycles. The van der Waals surface area contributed by atoms with Crippen molar-refractivity contribution in [1.82, 2.24) is 19.6 Å². The summed E-state index contributed by atoms with van der Waals surface area (Å²) in [5, 5.41) is 17.2. The van der Waals surface area contributed by atoms with Crippen LogP contribution in [0.25, 0.3) is 5.65 Å². The van der Waals surface area contributed by atoms with Crippen molar-refractivity contribution in [2.45, 2.75) is 13.8 Å². The molecule has 0 saturated heterocycles. The number of ether oxygens (including phenoxy) is 1. The Bertz CT molecular complexity index is 841. The summed E-state index contributed by atoms with van der Waals surface area (Å²) in [5.41, 5.74) is 1.22. The van der Waals surface area contributed by atoms with Crippen LogP contribution in [-0.2, 0) is 0 Å². The number of aromatic nitrogens is 4. The van der Waals surface area contributed by atoms with Gasteiger partial charge in [0.15, 0.2) is 0 Å². The summed E-state index contributed by atoms with van der Waals surface area (Å²) in [7, 11) is 0. The van der Waals surface area contributed by atoms with Gasteiger partial charge in [-0.1, -0.05) is 12.1 Å². The second-order valence-electron chi connectivity index (χ2n) is 4.53. The molecule has 2 heterocycles. The van der Waals surface area contributed by atoms with Gasteiger partial charge >= 0.3 is 5.97 Å². The second-order valence-corrected chi connectivity index (χ2v) is 4.53. The summed E-state index contributed by atoms with van der Waals surface area (Å²) in [5.74, 6) is 0.111. The van der Waals surface area contributed by atoms with Crippen LogP contribution in [0, 0.1) is 13.8 Å². The Morgan fingerprint density at radius 2 is 2.10 bits per heavy atom. The Kier molecular flexibility index (Phi) is 3.02. The van der Waals surface area contributed by atoms with Crippen LogP contribution in [0.4, 0.5) is 0 Å². The minimum atomic E-state index is -1.06. The number of hydrogen-bond acceptors (Lipinski definition) is 5. The van der Waals surface area contributed by atoms with Gasteiger partial charge in [-0.15, -0.1) is 10.2 Å². The fourth-order valence-corrected chi connectivity index (χ4v) is 2.04. The van der Waals surface area contributed by atoms with Gasteiger partial charge in [-0.3, -0.25) is 4.40 Å². The van der Waals surface area contributed by atoms with Crippen molar-refractivity contribution in [3.05, 3.63) is 47.5 Å². The predicted molar refractivity (Wildman–Crippen MR) is 73.7 cm³/mol. The lowest BCUT2D eigenvalue weighted by Gasteiger charge is -2.10. The van der Waals surface area contributed by atoms with Gasteiger partial charge in [0.1, 0.15) is 17.1 Å². The molecule has 0 aliphatic carbocycles. The number of hydrogen-bond donors (Lipinski definition) is 1. The Morgan fingerprint density at radius 1 is 1.29 bits per heavy atom. The second kappa shape index (κ2) is 4.86. The molecule has 0 atom stereocenters. The van der Waals surface area contributed by atoms with Crippen molar-refractivity contribution in [3.8, 4) is 11.6 Å². The van der Waals surface area contributed by atoms with Gasteiger partial charge in [0.2, 0.25) is 5.65 Å². The fourth-order valence-electron chi connectivity index (χ4n) is 2.04. The maximum Gasteiger partial charge on any atom is 0.339 e. The monoisotopic (exact) mass is 284 g/mol. The molecule has 21 heavy (non-hydrogen) atoms. The quantitative estimate of drug-likeness (QED) is 0.793. The van der Waals surface area contributed by atoms with E-state index in [9.17, 15) is 9.90 Å². The molecule has 0 saturated carbocycles. The summed E-state index contributed by atoms with van der Waals surface area (Å²) in [6, 6.07) is 4.93. The topological polar surface area (TPSA) is 89.6 Å². The summed E-state index contributed by atoms with van der Waals surface area (Å²) < 4.78 is 7.44. The first-order chi connectivity index (χ1) is 10.1. The lowest BCUT2D eigenvalue weighted by Crippen LogP contribution is -2.03. The number of fused-ring (bicyclic) bond motifs is 1. The molecule has 0 bridgehead atoms. The smallest absolute Gasteiger partial charge is 0.339 e. The van der Waals surface area contributed by atoms with Gasteiger partial charge in [0.25, 0.3) is 5.88 Å². The molecule has 0 fully saturated rings. The third kappa shape index (κ3) is 2.18. The third-order valence-electron chi connectivity index (χ3n) is 3.11. The van der Waals surface area contributed by atoms with E-state index in [1.54, 1.807) is 42.8 Å². The number of carboxylic acids is 1. The number of benzene rings is 1. The van der Waals surface area contributed by atoms with Gasteiger partial charge < -0.3 is 9.84 Å². The molecule has 106 valence electrons. The average Bonchev–Trinajstić information content (AvgIpc) is 2.84. The van der Waals surface area contributed by atoms with E-state index in [0.29, 0.717) is 17.0 Å². The van der Waals surface area contributed by atoms with Crippen LogP contribution in [0.2, 0.25) is 0 Å². The molecule has 0 aliphatic rings. The van der Waals surface area contributed by atoms with Gasteiger partial charge in [-0.25, -0.2) is 9.78 Å². The standard InChI is InChI=1S/C14H12N4O3/c1-8-4-3-5-10(14(19)20)11(8)21-13-12-17-16-9(2)18(12)7-6-15-13/h3-7H,1-2H3,(H,19,20). The molecular weight excluding hydrogens is 272 g/mol. The summed E-state index contributed by atoms with van der Waals surface area (Å²) >= 11 is 0. The Hall–Kier alpha value is -2.96. The van der Waals surface area contributed by atoms with Crippen molar-refractivity contribution in [3.63, 3.8) is 0 Å². The molecule has 0 aliphatic heterocycles. The Morgan fingerprint density at radius 3 is 2.86 bits per heavy atom. The van der Waals surface area contributed by atoms with E-state index in [1.807, 2.05) is 0 Å². The number of aromatic carboxylic acids is 1. The Balaban J connectivity index is 2.13. The molecule has 0 unspecified atom stereocenters. The average molecular weight is 284 g/mol. The molecule has 2 aromatic heterocycles. The number of rotatable bonds is 3. The number of para-hydroxylation sites is 1. The summed E-state index contributed by atoms with van der Waals surface area (Å²) in [6.45, 7) is 3.58. The highest BCUT2D eigenvalue weighted by Crippen LogP contribution is 2.29. The highest BCUT2D eigenvalue weighted by Gasteiger charge is 2.17. The van der Waals surface area contributed by atoms with E-state index in [4.69, 9.17) is 4.74 Å². The maximum atomic E-state index is 11.3. The number of carbonyl (C=O) groups is 1. The summed E-state index contributed by atoms with van der Waals surface area (Å²) in [4.78, 5) is 15.4. The highest BCUT2D eigenvalue weighted by atomic mass is 16.5. The molecule has 3 aromatic rings. The van der Waals surface area contributed by atoms with Crippen molar-refractivity contribution in [2.24, 2.45) is 0 Å². The largest absolute Gasteiger partial charge is 0.478 e. The van der Waals surface area contributed by atoms with Crippen LogP contribution in [0.15, 0.2) is 30.6 Å². The maximum absolute atomic E-state index is 11.3. The SMILES string of the molecule is Cc1cccc(C(=O)O)c1Oc1nccn2c(C)nnc12. The van der Waals surface area contributed by atoms with E-state index in [-0.39, 0.29) is 17.2 Å². The lowest BCUT2D eigenvalue weighted by molar-refractivity contribution is 0.0694. The van der Waals surface area contributed by atoms with Crippen molar-refractivity contribution >= 4 is 11.6 Å². The van der Waals surface area contributed by atoms with Crippen LogP contribution in [-0.4, -0.2) is 30.7 Å². The zero-order valence-electron chi connectivity index (χ0n) is 11.4. The van der Waals surface area contributed by atoms with E-state index in [0.717, 1.165) is 0 Å². The third-order valence-corrected chi connectivity index (χ3v) is 3.11. The van der Waals surface area contributed by atoms with E-state index < -0.39 is 5.97 Å². The first-order valence-electron chi connectivity index (χ1n) is 6.25. The number of aryl methyl sites for hydroxylation is 2. The highest BCUT2D eigenvalue weighted by molar-refractivity contribution is 5.91. The molecular formula is C14H12N4O3. The predicted octanol–water partition coefficient (Wildman–Crippen LogP) is 2.23. The molecule has 0 spiro atoms. The van der Waals surface area contributed by atoms with Crippen molar-refractivity contribution in [2.75, 3.05) is 0 Å². The van der Waals surface area contributed by atoms with Gasteiger partial charge in [0, 0.05) is 12.4 Å². The van der Waals surface area contributed by atoms with Crippen LogP contribution in [0.1, 0.15) is 21.7 Å². The van der Waals surface area contributed by atoms with Gasteiger partial charge in [0.05, 0.1) is 0 Å². The Labute approximate surface area is 119 Å². The summed E-state index contributed by atoms with van der Waals surface area (Å²) in [6.07, 6.45) is 3.27. The van der Waals surface area contributed by atoms with Crippen LogP contribution >= 0.6 is 0 Å². The van der Waals surface area contributed by atoms with E-state index >= 15 is 0 Å². The van der Waals surface area contributed by atoms with E-state index in [1.165, 1.54) is 6.07 Å².